The first kappa shape index (κ1) is 16.1. The smallest absolute Gasteiger partial charge is 0.255 e. The molecule has 2 N–H and O–H groups in total. The lowest BCUT2D eigenvalue weighted by Gasteiger charge is -2.11. The minimum Gasteiger partial charge on any atom is -0.497 e. The van der Waals surface area contributed by atoms with E-state index in [0.29, 0.717) is 23.6 Å². The van der Waals surface area contributed by atoms with Crippen LogP contribution in [-0.2, 0) is 6.54 Å². The van der Waals surface area contributed by atoms with E-state index >= 15 is 0 Å². The summed E-state index contributed by atoms with van der Waals surface area (Å²) in [6, 6.07) is 9.35. The average molecular weight is 343 g/mol. The maximum absolute atomic E-state index is 12.5. The molecule has 0 bridgehead atoms. The minimum atomic E-state index is -0.197. The largest absolute Gasteiger partial charge is 0.497 e. The van der Waals surface area contributed by atoms with Gasteiger partial charge in [-0.05, 0) is 29.6 Å². The molecule has 0 aliphatic rings. The minimum absolute atomic E-state index is 0.197. The van der Waals surface area contributed by atoms with Gasteiger partial charge >= 0.3 is 0 Å². The number of nitrogens with one attached hydrogen (secondary N) is 2. The van der Waals surface area contributed by atoms with Crippen LogP contribution in [0.5, 0.6) is 11.5 Å². The number of rotatable bonds is 6. The molecule has 6 nitrogen and oxygen atoms in total. The molecule has 3 aromatic rings. The molecule has 0 radical (unpaired) electrons. The summed E-state index contributed by atoms with van der Waals surface area (Å²) in [7, 11) is 3.20. The van der Waals surface area contributed by atoms with Crippen LogP contribution in [0.4, 0.5) is 0 Å². The number of aromatic nitrogens is 2. The third-order valence-corrected chi connectivity index (χ3v) is 4.47. The Hall–Kier alpha value is -2.80. The number of H-pyrrole nitrogens is 1. The maximum atomic E-state index is 12.5. The Morgan fingerprint density at radius 3 is 2.88 bits per heavy atom. The molecular formula is C17H17N3O3S. The maximum Gasteiger partial charge on any atom is 0.255 e. The number of benzene rings is 1. The third kappa shape index (κ3) is 3.26. The Bertz CT molecular complexity index is 827. The van der Waals surface area contributed by atoms with Gasteiger partial charge in [0.15, 0.2) is 0 Å². The Morgan fingerprint density at radius 1 is 1.29 bits per heavy atom. The van der Waals surface area contributed by atoms with E-state index in [9.17, 15) is 4.79 Å². The van der Waals surface area contributed by atoms with Crippen LogP contribution in [0.2, 0.25) is 0 Å². The highest BCUT2D eigenvalue weighted by atomic mass is 32.1. The molecule has 3 rings (SSSR count). The van der Waals surface area contributed by atoms with Gasteiger partial charge in [0.25, 0.3) is 5.91 Å². The van der Waals surface area contributed by atoms with E-state index in [2.05, 4.69) is 15.5 Å². The fourth-order valence-corrected chi connectivity index (χ4v) is 3.09. The van der Waals surface area contributed by atoms with Gasteiger partial charge in [0.1, 0.15) is 11.5 Å². The number of nitrogens with zero attached hydrogens (tertiary/aromatic N) is 1. The number of hydrogen-bond acceptors (Lipinski definition) is 5. The molecule has 0 fully saturated rings. The van der Waals surface area contributed by atoms with E-state index in [1.165, 1.54) is 6.20 Å². The molecular weight excluding hydrogens is 326 g/mol. The lowest BCUT2D eigenvalue weighted by Crippen LogP contribution is -2.23. The number of amides is 1. The van der Waals surface area contributed by atoms with Crippen molar-refractivity contribution in [1.29, 1.82) is 0 Å². The van der Waals surface area contributed by atoms with Crippen LogP contribution in [0.25, 0.3) is 10.6 Å². The summed E-state index contributed by atoms with van der Waals surface area (Å²) in [5.74, 6) is 1.21. The zero-order valence-corrected chi connectivity index (χ0v) is 14.1. The number of hydrogen-bond donors (Lipinski definition) is 2. The van der Waals surface area contributed by atoms with E-state index in [1.54, 1.807) is 25.6 Å². The molecule has 0 atom stereocenters. The molecule has 0 saturated heterocycles. The molecule has 0 aliphatic heterocycles. The van der Waals surface area contributed by atoms with Gasteiger partial charge in [-0.2, -0.15) is 5.10 Å². The van der Waals surface area contributed by atoms with Crippen molar-refractivity contribution in [2.45, 2.75) is 6.54 Å². The van der Waals surface area contributed by atoms with Gasteiger partial charge in [-0.15, -0.1) is 11.3 Å². The summed E-state index contributed by atoms with van der Waals surface area (Å²) >= 11 is 1.55. The normalized spacial score (nSPS) is 10.4. The van der Waals surface area contributed by atoms with Crippen LogP contribution in [0.1, 0.15) is 15.9 Å². The summed E-state index contributed by atoms with van der Waals surface area (Å²) in [5, 5.41) is 11.7. The number of thiophene rings is 1. The number of methoxy groups -OCH3 is 2. The van der Waals surface area contributed by atoms with Crippen LogP contribution < -0.4 is 14.8 Å². The second-order valence-corrected chi connectivity index (χ2v) is 5.94. The summed E-state index contributed by atoms with van der Waals surface area (Å²) in [6.45, 7) is 0.328. The SMILES string of the molecule is COc1ccc(OC)c(CNC(=O)c2cn[nH]c2-c2cccs2)c1. The first-order chi connectivity index (χ1) is 11.7. The average Bonchev–Trinajstić information content (AvgIpc) is 3.29. The van der Waals surface area contributed by atoms with E-state index in [-0.39, 0.29) is 5.91 Å². The number of aromatic amines is 1. The van der Waals surface area contributed by atoms with Crippen LogP contribution in [0, 0.1) is 0 Å². The first-order valence-electron chi connectivity index (χ1n) is 7.29. The van der Waals surface area contributed by atoms with Crippen LogP contribution in [0.15, 0.2) is 41.9 Å². The number of ether oxygens (including phenoxy) is 2. The number of carbonyl (C=O) groups is 1. The molecule has 2 heterocycles. The van der Waals surface area contributed by atoms with Gasteiger partial charge in [0.05, 0.1) is 36.6 Å². The Kier molecular flexibility index (Phi) is 4.81. The van der Waals surface area contributed by atoms with Gasteiger partial charge in [-0.25, -0.2) is 0 Å². The molecule has 0 saturated carbocycles. The van der Waals surface area contributed by atoms with E-state index in [1.807, 2.05) is 35.7 Å². The topological polar surface area (TPSA) is 76.2 Å². The van der Waals surface area contributed by atoms with E-state index in [4.69, 9.17) is 9.47 Å². The predicted octanol–water partition coefficient (Wildman–Crippen LogP) is 3.09. The molecule has 24 heavy (non-hydrogen) atoms. The molecule has 0 spiro atoms. The molecule has 0 aliphatic carbocycles. The Morgan fingerprint density at radius 2 is 2.17 bits per heavy atom. The standard InChI is InChI=1S/C17H17N3O3S/c1-22-12-5-6-14(23-2)11(8-12)9-18-17(21)13-10-19-20-16(13)15-4-3-7-24-15/h3-8,10H,9H2,1-2H3,(H,18,21)(H,19,20). The molecule has 0 unspecified atom stereocenters. The summed E-state index contributed by atoms with van der Waals surface area (Å²) in [6.07, 6.45) is 1.53. The van der Waals surface area contributed by atoms with E-state index < -0.39 is 0 Å². The second kappa shape index (κ2) is 7.18. The summed E-state index contributed by atoms with van der Waals surface area (Å²) < 4.78 is 10.5. The van der Waals surface area contributed by atoms with Crippen molar-refractivity contribution in [2.75, 3.05) is 14.2 Å². The van der Waals surface area contributed by atoms with E-state index in [0.717, 1.165) is 16.1 Å². The van der Waals surface area contributed by atoms with Gasteiger partial charge < -0.3 is 14.8 Å². The van der Waals surface area contributed by atoms with Crippen molar-refractivity contribution in [1.82, 2.24) is 15.5 Å². The molecule has 2 aromatic heterocycles. The highest BCUT2D eigenvalue weighted by Gasteiger charge is 2.16. The quantitative estimate of drug-likeness (QED) is 0.721. The van der Waals surface area contributed by atoms with Gasteiger partial charge in [0.2, 0.25) is 0 Å². The summed E-state index contributed by atoms with van der Waals surface area (Å²) in [4.78, 5) is 13.5. The highest BCUT2D eigenvalue weighted by Crippen LogP contribution is 2.26. The van der Waals surface area contributed by atoms with Crippen molar-refractivity contribution >= 4 is 17.2 Å². The fourth-order valence-electron chi connectivity index (χ4n) is 2.36. The highest BCUT2D eigenvalue weighted by molar-refractivity contribution is 7.13. The third-order valence-electron chi connectivity index (χ3n) is 3.58. The summed E-state index contributed by atoms with van der Waals surface area (Å²) in [5.41, 5.74) is 2.07. The molecule has 1 amide bonds. The van der Waals surface area contributed by atoms with Crippen LogP contribution >= 0.6 is 11.3 Å². The second-order valence-electron chi connectivity index (χ2n) is 5.00. The van der Waals surface area contributed by atoms with Crippen LogP contribution in [0.3, 0.4) is 0 Å². The first-order valence-corrected chi connectivity index (χ1v) is 8.17. The monoisotopic (exact) mass is 343 g/mol. The van der Waals surface area contributed by atoms with Gasteiger partial charge in [-0.1, -0.05) is 6.07 Å². The van der Waals surface area contributed by atoms with Crippen molar-refractivity contribution in [3.05, 3.63) is 53.0 Å². The zero-order chi connectivity index (χ0) is 16.9. The fraction of sp³-hybridized carbons (Fsp3) is 0.176. The predicted molar refractivity (Wildman–Crippen MR) is 92.6 cm³/mol. The van der Waals surface area contributed by atoms with Crippen LogP contribution in [-0.4, -0.2) is 30.3 Å². The zero-order valence-electron chi connectivity index (χ0n) is 13.3. The van der Waals surface area contributed by atoms with Crippen molar-refractivity contribution in [2.24, 2.45) is 0 Å². The van der Waals surface area contributed by atoms with Gasteiger partial charge in [-0.3, -0.25) is 9.89 Å². The Balaban J connectivity index is 1.76. The molecule has 1 aromatic carbocycles. The molecule has 7 heteroatoms. The lowest BCUT2D eigenvalue weighted by molar-refractivity contribution is 0.0951. The Labute approximate surface area is 143 Å². The lowest BCUT2D eigenvalue weighted by atomic mass is 10.1. The van der Waals surface area contributed by atoms with Crippen molar-refractivity contribution < 1.29 is 14.3 Å². The molecule has 124 valence electrons. The number of carbonyl (C=O) groups excluding carboxylic acids is 1. The van der Waals surface area contributed by atoms with Crippen molar-refractivity contribution in [3.63, 3.8) is 0 Å². The van der Waals surface area contributed by atoms with Crippen molar-refractivity contribution in [3.8, 4) is 22.1 Å². The van der Waals surface area contributed by atoms with Gasteiger partial charge in [0, 0.05) is 12.1 Å².